The number of carbonyl (C=O) groups is 1. The highest BCUT2D eigenvalue weighted by atomic mass is 16.6. The summed E-state index contributed by atoms with van der Waals surface area (Å²) in [6.45, 7) is 4.66. The van der Waals surface area contributed by atoms with Crippen molar-refractivity contribution in [2.75, 3.05) is 13.7 Å². The molecule has 0 saturated carbocycles. The van der Waals surface area contributed by atoms with Crippen LogP contribution >= 0.6 is 0 Å². The van der Waals surface area contributed by atoms with Crippen molar-refractivity contribution in [1.29, 1.82) is 0 Å². The number of carbonyl (C=O) groups excluding carboxylic acids is 1. The number of hydrogen-bond donors (Lipinski definition) is 0. The molecule has 0 saturated heterocycles. The van der Waals surface area contributed by atoms with Crippen molar-refractivity contribution in [1.82, 2.24) is 4.90 Å². The maximum Gasteiger partial charge on any atom is 0.409 e. The highest BCUT2D eigenvalue weighted by molar-refractivity contribution is 5.67. The summed E-state index contributed by atoms with van der Waals surface area (Å²) in [7, 11) is 1.74. The van der Waals surface area contributed by atoms with Crippen LogP contribution in [0.25, 0.3) is 0 Å². The second kappa shape index (κ2) is 8.22. The summed E-state index contributed by atoms with van der Waals surface area (Å²) in [6, 6.07) is 17.7. The van der Waals surface area contributed by atoms with Gasteiger partial charge in [-0.3, -0.25) is 0 Å². The fourth-order valence-electron chi connectivity index (χ4n) is 2.21. The van der Waals surface area contributed by atoms with Crippen LogP contribution in [-0.4, -0.2) is 24.6 Å². The molecule has 2 aromatic carbocycles. The lowest BCUT2D eigenvalue weighted by Crippen LogP contribution is -2.30. The minimum atomic E-state index is -0.324. The SMILES string of the molecule is CCOC(=O)N(C)[C@H](C)c1cccc(OCc2ccccc2)c1. The van der Waals surface area contributed by atoms with Gasteiger partial charge in [0.1, 0.15) is 12.4 Å². The zero-order chi connectivity index (χ0) is 16.7. The smallest absolute Gasteiger partial charge is 0.409 e. The third-order valence-electron chi connectivity index (χ3n) is 3.73. The van der Waals surface area contributed by atoms with Gasteiger partial charge >= 0.3 is 6.09 Å². The van der Waals surface area contributed by atoms with E-state index in [1.807, 2.05) is 61.5 Å². The summed E-state index contributed by atoms with van der Waals surface area (Å²) in [5.41, 5.74) is 2.13. The van der Waals surface area contributed by atoms with E-state index in [1.54, 1.807) is 18.9 Å². The quantitative estimate of drug-likeness (QED) is 0.792. The zero-order valence-electron chi connectivity index (χ0n) is 13.9. The van der Waals surface area contributed by atoms with Gasteiger partial charge in [-0.15, -0.1) is 0 Å². The van der Waals surface area contributed by atoms with Crippen LogP contribution in [0.15, 0.2) is 54.6 Å². The van der Waals surface area contributed by atoms with Crippen molar-refractivity contribution >= 4 is 6.09 Å². The van der Waals surface area contributed by atoms with Gasteiger partial charge in [0.05, 0.1) is 12.6 Å². The van der Waals surface area contributed by atoms with E-state index in [1.165, 1.54) is 0 Å². The van der Waals surface area contributed by atoms with Gasteiger partial charge in [-0.1, -0.05) is 42.5 Å². The lowest BCUT2D eigenvalue weighted by molar-refractivity contribution is 0.104. The fourth-order valence-corrected chi connectivity index (χ4v) is 2.21. The van der Waals surface area contributed by atoms with Gasteiger partial charge in [0.15, 0.2) is 0 Å². The van der Waals surface area contributed by atoms with Gasteiger partial charge < -0.3 is 14.4 Å². The molecule has 0 aliphatic heterocycles. The Bertz CT molecular complexity index is 628. The van der Waals surface area contributed by atoms with Crippen molar-refractivity contribution in [2.45, 2.75) is 26.5 Å². The topological polar surface area (TPSA) is 38.8 Å². The molecule has 0 aliphatic carbocycles. The monoisotopic (exact) mass is 313 g/mol. The van der Waals surface area contributed by atoms with E-state index < -0.39 is 0 Å². The molecule has 0 aliphatic rings. The Kier molecular flexibility index (Phi) is 6.03. The van der Waals surface area contributed by atoms with E-state index in [2.05, 4.69) is 0 Å². The average Bonchev–Trinajstić information content (AvgIpc) is 2.60. The number of amides is 1. The third kappa shape index (κ3) is 4.74. The number of nitrogens with zero attached hydrogens (tertiary/aromatic N) is 1. The molecule has 0 aromatic heterocycles. The second-order valence-corrected chi connectivity index (χ2v) is 5.33. The van der Waals surface area contributed by atoms with Crippen LogP contribution in [0.2, 0.25) is 0 Å². The Morgan fingerprint density at radius 3 is 2.57 bits per heavy atom. The lowest BCUT2D eigenvalue weighted by Gasteiger charge is -2.24. The molecule has 0 N–H and O–H groups in total. The molecular formula is C19H23NO3. The Hall–Kier alpha value is -2.49. The third-order valence-corrected chi connectivity index (χ3v) is 3.73. The minimum absolute atomic E-state index is 0.0886. The molecule has 0 bridgehead atoms. The Labute approximate surface area is 137 Å². The van der Waals surface area contributed by atoms with Gasteiger partial charge in [0.2, 0.25) is 0 Å². The summed E-state index contributed by atoms with van der Waals surface area (Å²) in [5.74, 6) is 0.787. The average molecular weight is 313 g/mol. The largest absolute Gasteiger partial charge is 0.489 e. The van der Waals surface area contributed by atoms with Gasteiger partial charge in [-0.25, -0.2) is 4.79 Å². The fraction of sp³-hybridized carbons (Fsp3) is 0.316. The molecule has 23 heavy (non-hydrogen) atoms. The first kappa shape index (κ1) is 16.9. The molecule has 2 rings (SSSR count). The Morgan fingerprint density at radius 2 is 1.87 bits per heavy atom. The van der Waals surface area contributed by atoms with E-state index >= 15 is 0 Å². The standard InChI is InChI=1S/C19H23NO3/c1-4-22-19(21)20(3)15(2)17-11-8-12-18(13-17)23-14-16-9-6-5-7-10-16/h5-13,15H,4,14H2,1-3H3/t15-/m1/s1. The number of benzene rings is 2. The van der Waals surface area contributed by atoms with Crippen molar-refractivity contribution in [2.24, 2.45) is 0 Å². The van der Waals surface area contributed by atoms with Gasteiger partial charge in [-0.2, -0.15) is 0 Å². The van der Waals surface area contributed by atoms with E-state index in [-0.39, 0.29) is 12.1 Å². The summed E-state index contributed by atoms with van der Waals surface area (Å²) in [4.78, 5) is 13.4. The molecule has 1 atom stereocenters. The summed E-state index contributed by atoms with van der Waals surface area (Å²) in [5, 5.41) is 0. The predicted molar refractivity (Wildman–Crippen MR) is 90.4 cm³/mol. The zero-order valence-corrected chi connectivity index (χ0v) is 13.9. The van der Waals surface area contributed by atoms with E-state index in [0.29, 0.717) is 13.2 Å². The predicted octanol–water partition coefficient (Wildman–Crippen LogP) is 4.41. The molecule has 1 amide bonds. The molecule has 2 aromatic rings. The molecule has 122 valence electrons. The molecule has 0 heterocycles. The van der Waals surface area contributed by atoms with E-state index in [4.69, 9.17) is 9.47 Å². The van der Waals surface area contributed by atoms with Crippen molar-refractivity contribution in [3.8, 4) is 5.75 Å². The maximum atomic E-state index is 11.8. The summed E-state index contributed by atoms with van der Waals surface area (Å²) in [6.07, 6.45) is -0.324. The normalized spacial score (nSPS) is 11.6. The number of hydrogen-bond acceptors (Lipinski definition) is 3. The molecule has 0 spiro atoms. The van der Waals surface area contributed by atoms with Crippen LogP contribution in [0.3, 0.4) is 0 Å². The molecule has 0 unspecified atom stereocenters. The van der Waals surface area contributed by atoms with Crippen molar-refractivity contribution in [3.05, 3.63) is 65.7 Å². The molecular weight excluding hydrogens is 290 g/mol. The van der Waals surface area contributed by atoms with Gasteiger partial charge in [-0.05, 0) is 37.1 Å². The van der Waals surface area contributed by atoms with Crippen LogP contribution in [0, 0.1) is 0 Å². The highest BCUT2D eigenvalue weighted by Gasteiger charge is 2.18. The first-order valence-electron chi connectivity index (χ1n) is 7.78. The maximum absolute atomic E-state index is 11.8. The van der Waals surface area contributed by atoms with Crippen molar-refractivity contribution in [3.63, 3.8) is 0 Å². The number of ether oxygens (including phenoxy) is 2. The van der Waals surface area contributed by atoms with Gasteiger partial charge in [0, 0.05) is 7.05 Å². The van der Waals surface area contributed by atoms with Crippen LogP contribution < -0.4 is 4.74 Å². The molecule has 0 fully saturated rings. The minimum Gasteiger partial charge on any atom is -0.489 e. The molecule has 4 nitrogen and oxygen atoms in total. The van der Waals surface area contributed by atoms with Gasteiger partial charge in [0.25, 0.3) is 0 Å². The first-order valence-corrected chi connectivity index (χ1v) is 7.78. The van der Waals surface area contributed by atoms with Crippen LogP contribution in [0.4, 0.5) is 4.79 Å². The van der Waals surface area contributed by atoms with Crippen LogP contribution in [0.1, 0.15) is 31.0 Å². The van der Waals surface area contributed by atoms with E-state index in [9.17, 15) is 4.79 Å². The summed E-state index contributed by atoms with van der Waals surface area (Å²) >= 11 is 0. The summed E-state index contributed by atoms with van der Waals surface area (Å²) < 4.78 is 10.9. The first-order chi connectivity index (χ1) is 11.1. The highest BCUT2D eigenvalue weighted by Crippen LogP contribution is 2.24. The molecule has 4 heteroatoms. The number of rotatable bonds is 6. The second-order valence-electron chi connectivity index (χ2n) is 5.33. The van der Waals surface area contributed by atoms with E-state index in [0.717, 1.165) is 16.9 Å². The Morgan fingerprint density at radius 1 is 1.13 bits per heavy atom. The Balaban J connectivity index is 2.02. The molecule has 0 radical (unpaired) electrons. The lowest BCUT2D eigenvalue weighted by atomic mass is 10.1. The van der Waals surface area contributed by atoms with Crippen LogP contribution in [-0.2, 0) is 11.3 Å². The van der Waals surface area contributed by atoms with Crippen LogP contribution in [0.5, 0.6) is 5.75 Å². The van der Waals surface area contributed by atoms with Crippen molar-refractivity contribution < 1.29 is 14.3 Å².